The predicted octanol–water partition coefficient (Wildman–Crippen LogP) is 1.63. The fourth-order valence-electron chi connectivity index (χ4n) is 1.04. The van der Waals surface area contributed by atoms with E-state index in [1.54, 1.807) is 4.98 Å². The average molecular weight is 235 g/mol. The summed E-state index contributed by atoms with van der Waals surface area (Å²) in [7, 11) is 0. The first-order valence-corrected chi connectivity index (χ1v) is 4.35. The van der Waals surface area contributed by atoms with Crippen LogP contribution in [-0.4, -0.2) is 17.6 Å². The molecule has 0 saturated heterocycles. The molecule has 0 fully saturated rings. The normalized spacial score (nSPS) is 10.6. The smallest absolute Gasteiger partial charge is 0.341 e. The second-order valence-corrected chi connectivity index (χ2v) is 2.80. The summed E-state index contributed by atoms with van der Waals surface area (Å²) in [5.41, 5.74) is -2.99. The van der Waals surface area contributed by atoms with Crippen molar-refractivity contribution in [1.82, 2.24) is 4.98 Å². The Morgan fingerprint density at radius 1 is 1.56 bits per heavy atom. The molecule has 7 heteroatoms. The van der Waals surface area contributed by atoms with Crippen molar-refractivity contribution >= 4 is 5.97 Å². The molecule has 0 unspecified atom stereocenters. The van der Waals surface area contributed by atoms with Gasteiger partial charge in [0.05, 0.1) is 12.3 Å². The molecular weight excluding hydrogens is 227 g/mol. The standard InChI is InChI=1S/C9H8F3NO3/c1-2-16-9(15)4-3-5(7(11)12)13-8(14)6(4)10/h3,7H,2H2,1H3,(H,13,14). The Balaban J connectivity index is 3.27. The molecule has 1 aromatic rings. The van der Waals surface area contributed by atoms with Crippen LogP contribution in [0.2, 0.25) is 0 Å². The quantitative estimate of drug-likeness (QED) is 0.810. The molecular formula is C9H8F3NO3. The average Bonchev–Trinajstić information content (AvgIpc) is 2.21. The van der Waals surface area contributed by atoms with Gasteiger partial charge in [0.2, 0.25) is 5.82 Å². The third-order valence-electron chi connectivity index (χ3n) is 1.72. The SMILES string of the molecule is CCOC(=O)c1cc(C(F)F)[nH]c(=O)c1F. The number of carbonyl (C=O) groups excluding carboxylic acids is 1. The summed E-state index contributed by atoms with van der Waals surface area (Å²) in [5.74, 6) is -2.57. The lowest BCUT2D eigenvalue weighted by atomic mass is 10.2. The van der Waals surface area contributed by atoms with Gasteiger partial charge in [-0.05, 0) is 13.0 Å². The minimum absolute atomic E-state index is 0.0465. The number of esters is 1. The van der Waals surface area contributed by atoms with Gasteiger partial charge in [-0.15, -0.1) is 0 Å². The Hall–Kier alpha value is -1.79. The van der Waals surface area contributed by atoms with E-state index >= 15 is 0 Å². The maximum Gasteiger partial charge on any atom is 0.341 e. The number of ether oxygens (including phenoxy) is 1. The number of pyridine rings is 1. The number of hydrogen-bond donors (Lipinski definition) is 1. The molecule has 16 heavy (non-hydrogen) atoms. The molecule has 0 bridgehead atoms. The van der Waals surface area contributed by atoms with Gasteiger partial charge in [-0.1, -0.05) is 0 Å². The van der Waals surface area contributed by atoms with Crippen molar-refractivity contribution in [2.24, 2.45) is 0 Å². The molecule has 1 aromatic heterocycles. The van der Waals surface area contributed by atoms with E-state index in [-0.39, 0.29) is 6.61 Å². The van der Waals surface area contributed by atoms with E-state index in [9.17, 15) is 22.8 Å². The number of hydrogen-bond acceptors (Lipinski definition) is 3. The lowest BCUT2D eigenvalue weighted by Gasteiger charge is -2.05. The van der Waals surface area contributed by atoms with Gasteiger partial charge in [-0.25, -0.2) is 13.6 Å². The van der Waals surface area contributed by atoms with Gasteiger partial charge in [0.15, 0.2) is 0 Å². The van der Waals surface area contributed by atoms with Crippen molar-refractivity contribution < 1.29 is 22.7 Å². The van der Waals surface area contributed by atoms with Crippen LogP contribution in [0.5, 0.6) is 0 Å². The summed E-state index contributed by atoms with van der Waals surface area (Å²) < 4.78 is 42.1. The van der Waals surface area contributed by atoms with E-state index < -0.39 is 35.0 Å². The van der Waals surface area contributed by atoms with Crippen molar-refractivity contribution in [3.63, 3.8) is 0 Å². The van der Waals surface area contributed by atoms with Crippen LogP contribution in [0.25, 0.3) is 0 Å². The van der Waals surface area contributed by atoms with Gasteiger partial charge >= 0.3 is 5.97 Å². The lowest BCUT2D eigenvalue weighted by molar-refractivity contribution is 0.0519. The number of rotatable bonds is 3. The largest absolute Gasteiger partial charge is 0.462 e. The number of carbonyl (C=O) groups is 1. The van der Waals surface area contributed by atoms with E-state index in [0.29, 0.717) is 6.07 Å². The van der Waals surface area contributed by atoms with E-state index in [1.807, 2.05) is 0 Å². The fourth-order valence-corrected chi connectivity index (χ4v) is 1.04. The Morgan fingerprint density at radius 3 is 2.69 bits per heavy atom. The molecule has 1 N–H and O–H groups in total. The van der Waals surface area contributed by atoms with Crippen LogP contribution in [0.3, 0.4) is 0 Å². The van der Waals surface area contributed by atoms with Gasteiger partial charge in [0, 0.05) is 0 Å². The van der Waals surface area contributed by atoms with Gasteiger partial charge in [0.1, 0.15) is 5.56 Å². The molecule has 0 atom stereocenters. The number of nitrogens with one attached hydrogen (secondary N) is 1. The third-order valence-corrected chi connectivity index (χ3v) is 1.72. The topological polar surface area (TPSA) is 59.2 Å². The van der Waals surface area contributed by atoms with Crippen LogP contribution in [0.1, 0.15) is 29.4 Å². The predicted molar refractivity (Wildman–Crippen MR) is 47.9 cm³/mol. The summed E-state index contributed by atoms with van der Waals surface area (Å²) >= 11 is 0. The van der Waals surface area contributed by atoms with Crippen molar-refractivity contribution in [2.75, 3.05) is 6.61 Å². The molecule has 0 aliphatic rings. The zero-order valence-corrected chi connectivity index (χ0v) is 8.22. The maximum atomic E-state index is 13.1. The minimum Gasteiger partial charge on any atom is -0.462 e. The van der Waals surface area contributed by atoms with Crippen molar-refractivity contribution in [2.45, 2.75) is 13.3 Å². The van der Waals surface area contributed by atoms with Crippen LogP contribution in [-0.2, 0) is 4.74 Å². The first-order chi connectivity index (χ1) is 7.47. The van der Waals surface area contributed by atoms with Crippen LogP contribution in [0.15, 0.2) is 10.9 Å². The van der Waals surface area contributed by atoms with Crippen LogP contribution in [0, 0.1) is 5.82 Å². The fraction of sp³-hybridized carbons (Fsp3) is 0.333. The number of alkyl halides is 2. The summed E-state index contributed by atoms with van der Waals surface area (Å²) in [6.45, 7) is 1.42. The molecule has 88 valence electrons. The first kappa shape index (κ1) is 12.3. The van der Waals surface area contributed by atoms with Gasteiger partial charge in [-0.3, -0.25) is 4.79 Å². The molecule has 0 aliphatic heterocycles. The molecule has 4 nitrogen and oxygen atoms in total. The molecule has 0 aliphatic carbocycles. The Kier molecular flexibility index (Phi) is 3.70. The molecule has 1 rings (SSSR count). The molecule has 0 spiro atoms. The van der Waals surface area contributed by atoms with Crippen LogP contribution >= 0.6 is 0 Å². The van der Waals surface area contributed by atoms with E-state index in [0.717, 1.165) is 0 Å². The molecule has 0 saturated carbocycles. The summed E-state index contributed by atoms with van der Waals surface area (Å²) in [6.07, 6.45) is -3.00. The number of aromatic amines is 1. The van der Waals surface area contributed by atoms with Gasteiger partial charge in [-0.2, -0.15) is 4.39 Å². The van der Waals surface area contributed by atoms with Crippen LogP contribution in [0.4, 0.5) is 13.2 Å². The second-order valence-electron chi connectivity index (χ2n) is 2.80. The zero-order chi connectivity index (χ0) is 12.3. The third kappa shape index (κ3) is 2.41. The van der Waals surface area contributed by atoms with Crippen LogP contribution < -0.4 is 5.56 Å². The summed E-state index contributed by atoms with van der Waals surface area (Å²) in [4.78, 5) is 23.7. The van der Waals surface area contributed by atoms with Crippen molar-refractivity contribution in [3.05, 3.63) is 33.5 Å². The number of H-pyrrole nitrogens is 1. The van der Waals surface area contributed by atoms with Crippen molar-refractivity contribution in [1.29, 1.82) is 0 Å². The highest BCUT2D eigenvalue weighted by atomic mass is 19.3. The number of aromatic nitrogens is 1. The highest BCUT2D eigenvalue weighted by Gasteiger charge is 2.20. The van der Waals surface area contributed by atoms with Gasteiger partial charge < -0.3 is 9.72 Å². The highest BCUT2D eigenvalue weighted by molar-refractivity contribution is 5.89. The highest BCUT2D eigenvalue weighted by Crippen LogP contribution is 2.17. The monoisotopic (exact) mass is 235 g/mol. The molecule has 1 heterocycles. The first-order valence-electron chi connectivity index (χ1n) is 4.35. The summed E-state index contributed by atoms with van der Waals surface area (Å²) in [5, 5.41) is 0. The minimum atomic E-state index is -3.00. The molecule has 0 radical (unpaired) electrons. The van der Waals surface area contributed by atoms with E-state index in [4.69, 9.17) is 0 Å². The lowest BCUT2D eigenvalue weighted by Crippen LogP contribution is -2.20. The van der Waals surface area contributed by atoms with E-state index in [1.165, 1.54) is 6.92 Å². The zero-order valence-electron chi connectivity index (χ0n) is 8.22. The second kappa shape index (κ2) is 4.82. The Labute approximate surface area is 88.0 Å². The Bertz CT molecular complexity index is 456. The van der Waals surface area contributed by atoms with Crippen molar-refractivity contribution in [3.8, 4) is 0 Å². The number of halogens is 3. The van der Waals surface area contributed by atoms with E-state index in [2.05, 4.69) is 4.74 Å². The molecule has 0 amide bonds. The summed E-state index contributed by atoms with van der Waals surface area (Å²) in [6, 6.07) is 0.569. The molecule has 0 aromatic carbocycles. The van der Waals surface area contributed by atoms with Gasteiger partial charge in [0.25, 0.3) is 12.0 Å². The maximum absolute atomic E-state index is 13.1. The Morgan fingerprint density at radius 2 is 2.19 bits per heavy atom.